The largest absolute Gasteiger partial charge is 0.227 e. The molecular formula is C11H5Cl2FIN. The first-order chi connectivity index (χ1) is 7.56. The summed E-state index contributed by atoms with van der Waals surface area (Å²) in [5.41, 5.74) is 1.61. The van der Waals surface area contributed by atoms with E-state index in [1.807, 2.05) is 22.6 Å². The second kappa shape index (κ2) is 4.85. The summed E-state index contributed by atoms with van der Waals surface area (Å²) in [6.45, 7) is 0. The Morgan fingerprint density at radius 2 is 1.62 bits per heavy atom. The fraction of sp³-hybridized carbons (Fsp3) is 0. The monoisotopic (exact) mass is 367 g/mol. The van der Waals surface area contributed by atoms with Crippen LogP contribution in [0.5, 0.6) is 0 Å². The van der Waals surface area contributed by atoms with Crippen LogP contribution in [0.2, 0.25) is 10.0 Å². The van der Waals surface area contributed by atoms with E-state index in [-0.39, 0.29) is 0 Å². The first-order valence-corrected chi connectivity index (χ1v) is 6.17. The minimum Gasteiger partial charge on any atom is -0.227 e. The highest BCUT2D eigenvalue weighted by Crippen LogP contribution is 2.27. The Balaban J connectivity index is 2.54. The summed E-state index contributed by atoms with van der Waals surface area (Å²) in [4.78, 5) is 3.65. The average Bonchev–Trinajstić information content (AvgIpc) is 2.20. The van der Waals surface area contributed by atoms with E-state index in [4.69, 9.17) is 23.2 Å². The number of hydrogen-bond acceptors (Lipinski definition) is 1. The molecule has 0 unspecified atom stereocenters. The summed E-state index contributed by atoms with van der Waals surface area (Å²) in [6.07, 6.45) is 1.46. The number of nitrogens with zero attached hydrogens (tertiary/aromatic N) is 1. The fourth-order valence-corrected chi connectivity index (χ4v) is 2.30. The Hall–Kier alpha value is -0.390. The molecule has 0 aliphatic rings. The van der Waals surface area contributed by atoms with Gasteiger partial charge in [0.2, 0.25) is 5.95 Å². The lowest BCUT2D eigenvalue weighted by molar-refractivity contribution is 0.576. The second-order valence-corrected chi connectivity index (χ2v) is 5.19. The number of pyridine rings is 1. The molecule has 0 saturated carbocycles. The van der Waals surface area contributed by atoms with E-state index in [0.29, 0.717) is 13.6 Å². The molecular weight excluding hydrogens is 363 g/mol. The zero-order valence-electron chi connectivity index (χ0n) is 7.85. The van der Waals surface area contributed by atoms with Gasteiger partial charge in [-0.05, 0) is 52.4 Å². The van der Waals surface area contributed by atoms with Crippen molar-refractivity contribution in [3.05, 3.63) is 50.0 Å². The molecule has 0 bridgehead atoms. The lowest BCUT2D eigenvalue weighted by Gasteiger charge is -2.04. The van der Waals surface area contributed by atoms with Crippen molar-refractivity contribution in [2.45, 2.75) is 0 Å². The molecule has 2 aromatic rings. The molecule has 0 N–H and O–H groups in total. The molecule has 0 fully saturated rings. The van der Waals surface area contributed by atoms with Gasteiger partial charge < -0.3 is 0 Å². The smallest absolute Gasteiger partial charge is 0.226 e. The van der Waals surface area contributed by atoms with Crippen molar-refractivity contribution in [2.75, 3.05) is 0 Å². The van der Waals surface area contributed by atoms with E-state index in [2.05, 4.69) is 4.98 Å². The Morgan fingerprint density at radius 3 is 2.19 bits per heavy atom. The van der Waals surface area contributed by atoms with Crippen molar-refractivity contribution < 1.29 is 4.39 Å². The topological polar surface area (TPSA) is 12.9 Å². The minimum absolute atomic E-state index is 0.464. The summed E-state index contributed by atoms with van der Waals surface area (Å²) in [5.74, 6) is -0.475. The number of hydrogen-bond donors (Lipinski definition) is 0. The molecule has 0 saturated heterocycles. The molecule has 2 rings (SSSR count). The van der Waals surface area contributed by atoms with Crippen LogP contribution in [-0.2, 0) is 0 Å². The van der Waals surface area contributed by atoms with Gasteiger partial charge in [-0.2, -0.15) is 4.39 Å². The molecule has 1 aromatic carbocycles. The molecule has 5 heteroatoms. The van der Waals surface area contributed by atoms with Crippen LogP contribution in [-0.4, -0.2) is 4.98 Å². The fourth-order valence-electron chi connectivity index (χ4n) is 1.30. The van der Waals surface area contributed by atoms with Crippen molar-refractivity contribution in [1.29, 1.82) is 0 Å². The summed E-state index contributed by atoms with van der Waals surface area (Å²) < 4.78 is 13.5. The van der Waals surface area contributed by atoms with Crippen molar-refractivity contribution >= 4 is 45.8 Å². The molecule has 1 nitrogen and oxygen atoms in total. The SMILES string of the molecule is Fc1ncc(-c2cc(Cl)cc(Cl)c2)cc1I. The van der Waals surface area contributed by atoms with E-state index in [9.17, 15) is 4.39 Å². The standard InChI is InChI=1S/C11H5Cl2FIN/c12-8-1-6(2-9(13)4-8)7-3-10(15)11(14)16-5-7/h1-5H. The molecule has 0 radical (unpaired) electrons. The quantitative estimate of drug-likeness (QED) is 0.521. The maximum atomic E-state index is 13.0. The lowest BCUT2D eigenvalue weighted by Crippen LogP contribution is -1.89. The van der Waals surface area contributed by atoms with Crippen LogP contribution in [0.15, 0.2) is 30.5 Å². The highest BCUT2D eigenvalue weighted by atomic mass is 127. The molecule has 0 spiro atoms. The highest BCUT2D eigenvalue weighted by Gasteiger charge is 2.05. The molecule has 1 heterocycles. The lowest BCUT2D eigenvalue weighted by atomic mass is 10.1. The number of halogens is 4. The van der Waals surface area contributed by atoms with Gasteiger partial charge in [0.1, 0.15) is 0 Å². The third-order valence-corrected chi connectivity index (χ3v) is 3.19. The molecule has 16 heavy (non-hydrogen) atoms. The number of benzene rings is 1. The Bertz CT molecular complexity index is 525. The second-order valence-electron chi connectivity index (χ2n) is 3.15. The van der Waals surface area contributed by atoms with Crippen LogP contribution in [0.25, 0.3) is 11.1 Å². The molecule has 0 amide bonds. The van der Waals surface area contributed by atoms with Gasteiger partial charge in [0, 0.05) is 21.8 Å². The van der Waals surface area contributed by atoms with Crippen LogP contribution in [0, 0.1) is 9.52 Å². The van der Waals surface area contributed by atoms with E-state index in [1.165, 1.54) is 6.20 Å². The maximum Gasteiger partial charge on any atom is 0.226 e. The Kier molecular flexibility index (Phi) is 3.66. The third kappa shape index (κ3) is 2.64. The predicted octanol–water partition coefficient (Wildman–Crippen LogP) is 4.80. The van der Waals surface area contributed by atoms with E-state index < -0.39 is 5.95 Å². The number of rotatable bonds is 1. The van der Waals surface area contributed by atoms with Gasteiger partial charge in [0.05, 0.1) is 3.57 Å². The van der Waals surface area contributed by atoms with Crippen molar-refractivity contribution in [1.82, 2.24) is 4.98 Å². The van der Waals surface area contributed by atoms with Gasteiger partial charge in [-0.1, -0.05) is 23.2 Å². The summed E-state index contributed by atoms with van der Waals surface area (Å²) in [5, 5.41) is 1.09. The minimum atomic E-state index is -0.475. The maximum absolute atomic E-state index is 13.0. The molecule has 0 aliphatic heterocycles. The zero-order chi connectivity index (χ0) is 11.7. The van der Waals surface area contributed by atoms with Gasteiger partial charge in [-0.25, -0.2) is 4.98 Å². The summed E-state index contributed by atoms with van der Waals surface area (Å²) in [6, 6.07) is 6.87. The summed E-state index contributed by atoms with van der Waals surface area (Å²) >= 11 is 13.7. The van der Waals surface area contributed by atoms with E-state index in [0.717, 1.165) is 11.1 Å². The van der Waals surface area contributed by atoms with Gasteiger partial charge in [-0.3, -0.25) is 0 Å². The normalized spacial score (nSPS) is 10.5. The Labute approximate surface area is 116 Å². The molecule has 0 atom stereocenters. The molecule has 0 aliphatic carbocycles. The van der Waals surface area contributed by atoms with Crippen LogP contribution in [0.1, 0.15) is 0 Å². The van der Waals surface area contributed by atoms with Crippen molar-refractivity contribution in [3.8, 4) is 11.1 Å². The van der Waals surface area contributed by atoms with E-state index >= 15 is 0 Å². The predicted molar refractivity (Wildman–Crippen MR) is 72.4 cm³/mol. The van der Waals surface area contributed by atoms with Crippen molar-refractivity contribution in [2.24, 2.45) is 0 Å². The van der Waals surface area contributed by atoms with Crippen LogP contribution in [0.3, 0.4) is 0 Å². The van der Waals surface area contributed by atoms with Crippen LogP contribution in [0.4, 0.5) is 4.39 Å². The van der Waals surface area contributed by atoms with Gasteiger partial charge in [0.15, 0.2) is 0 Å². The average molecular weight is 368 g/mol. The van der Waals surface area contributed by atoms with Gasteiger partial charge in [0.25, 0.3) is 0 Å². The molecule has 1 aromatic heterocycles. The first-order valence-electron chi connectivity index (χ1n) is 4.34. The summed E-state index contributed by atoms with van der Waals surface area (Å²) in [7, 11) is 0. The number of aromatic nitrogens is 1. The van der Waals surface area contributed by atoms with Crippen LogP contribution < -0.4 is 0 Å². The Morgan fingerprint density at radius 1 is 1.00 bits per heavy atom. The highest BCUT2D eigenvalue weighted by molar-refractivity contribution is 14.1. The van der Waals surface area contributed by atoms with Gasteiger partial charge >= 0.3 is 0 Å². The van der Waals surface area contributed by atoms with Gasteiger partial charge in [-0.15, -0.1) is 0 Å². The first kappa shape index (κ1) is 12.1. The third-order valence-electron chi connectivity index (χ3n) is 1.99. The zero-order valence-corrected chi connectivity index (χ0v) is 11.5. The molecule has 82 valence electrons. The van der Waals surface area contributed by atoms with Crippen LogP contribution >= 0.6 is 45.8 Å². The van der Waals surface area contributed by atoms with E-state index in [1.54, 1.807) is 24.3 Å². The van der Waals surface area contributed by atoms with Crippen molar-refractivity contribution in [3.63, 3.8) is 0 Å².